The van der Waals surface area contributed by atoms with Crippen molar-refractivity contribution in [1.29, 1.82) is 0 Å². The van der Waals surface area contributed by atoms with Gasteiger partial charge in [-0.2, -0.15) is 0 Å². The van der Waals surface area contributed by atoms with Crippen LogP contribution in [0.5, 0.6) is 0 Å². The zero-order valence-electron chi connectivity index (χ0n) is 28.1. The van der Waals surface area contributed by atoms with Gasteiger partial charge < -0.3 is 25.1 Å². The molecule has 3 amide bonds. The number of likely N-dealkylation sites (tertiary alicyclic amines) is 1. The highest BCUT2D eigenvalue weighted by Crippen LogP contribution is 2.39. The van der Waals surface area contributed by atoms with Crippen LogP contribution in [0.4, 0.5) is 10.7 Å². The highest BCUT2D eigenvalue weighted by Gasteiger charge is 2.27. The largest absolute Gasteiger partial charge is 0.356 e. The minimum absolute atomic E-state index is 0.121. The maximum absolute atomic E-state index is 13.8. The number of carbonyl (C=O) groups excluding carboxylic acids is 4. The van der Waals surface area contributed by atoms with Crippen LogP contribution >= 0.6 is 23.2 Å². The second-order valence-electron chi connectivity index (χ2n) is 12.9. The van der Waals surface area contributed by atoms with E-state index in [4.69, 9.17) is 11.9 Å². The van der Waals surface area contributed by atoms with E-state index in [1.165, 1.54) is 11.3 Å². The third-order valence-electron chi connectivity index (χ3n) is 9.52. The Balaban J connectivity index is 1.08. The average molecular weight is 713 g/mol. The van der Waals surface area contributed by atoms with E-state index in [1.807, 2.05) is 59.5 Å². The van der Waals surface area contributed by atoms with Crippen LogP contribution < -0.4 is 16.0 Å². The number of benzene rings is 3. The Morgan fingerprint density at radius 1 is 0.820 bits per heavy atom. The number of fused-ring (bicyclic) bond motifs is 1. The Hall–Kier alpha value is -4.51. The van der Waals surface area contributed by atoms with Crippen LogP contribution in [0, 0.1) is 0 Å². The maximum atomic E-state index is 13.8. The first-order chi connectivity index (χ1) is 24.3. The fraction of sp³-hybridized carbons (Fsp3) is 0.333. The summed E-state index contributed by atoms with van der Waals surface area (Å²) in [6.07, 6.45) is 7.17. The summed E-state index contributed by atoms with van der Waals surface area (Å²) in [6.45, 7) is 3.76. The number of aryl methyl sites for hydroxylation is 3. The van der Waals surface area contributed by atoms with Gasteiger partial charge in [0.05, 0.1) is 11.1 Å². The molecule has 0 atom stereocenters. The average Bonchev–Trinajstić information content (AvgIpc) is 3.51. The molecule has 0 spiro atoms. The van der Waals surface area contributed by atoms with E-state index in [0.29, 0.717) is 40.0 Å². The SMILES string of the molecule is CC(=O)N1CCC(NCc2cccc(C(=O)Nc3sc4c(c3C(=O)Nc3ccc(CCc5ccc(C(=O)OCl)cc5)cc3)CCCC4)c2)CC1. The predicted molar refractivity (Wildman–Crippen MR) is 197 cm³/mol. The van der Waals surface area contributed by atoms with Crippen molar-refractivity contribution in [2.45, 2.75) is 70.9 Å². The fourth-order valence-electron chi connectivity index (χ4n) is 6.64. The molecular weight excluding hydrogens is 672 g/mol. The summed E-state index contributed by atoms with van der Waals surface area (Å²) in [7, 11) is 0. The summed E-state index contributed by atoms with van der Waals surface area (Å²) in [6, 6.07) is 22.9. The molecule has 4 aromatic rings. The highest BCUT2D eigenvalue weighted by molar-refractivity contribution is 7.17. The number of halogens is 1. The molecule has 9 nitrogen and oxygen atoms in total. The summed E-state index contributed by atoms with van der Waals surface area (Å²) in [4.78, 5) is 53.6. The number of rotatable bonds is 11. The molecule has 1 aliphatic carbocycles. The molecule has 0 unspecified atom stereocenters. The molecule has 0 radical (unpaired) electrons. The van der Waals surface area contributed by atoms with Crippen LogP contribution in [0.15, 0.2) is 72.8 Å². The number of nitrogens with zero attached hydrogens (tertiary/aromatic N) is 1. The smallest absolute Gasteiger partial charge is 0.343 e. The Bertz CT molecular complexity index is 1850. The molecule has 260 valence electrons. The zero-order valence-corrected chi connectivity index (χ0v) is 29.6. The Labute approximate surface area is 301 Å². The summed E-state index contributed by atoms with van der Waals surface area (Å²) < 4.78 is 4.25. The van der Waals surface area contributed by atoms with Gasteiger partial charge in [-0.15, -0.1) is 11.3 Å². The van der Waals surface area contributed by atoms with Crippen LogP contribution in [0.25, 0.3) is 0 Å². The van der Waals surface area contributed by atoms with Gasteiger partial charge >= 0.3 is 5.97 Å². The molecule has 2 aliphatic rings. The lowest BCUT2D eigenvalue weighted by Gasteiger charge is -2.31. The van der Waals surface area contributed by atoms with E-state index in [1.54, 1.807) is 25.1 Å². The number of anilines is 2. The van der Waals surface area contributed by atoms with Crippen LogP contribution in [-0.4, -0.2) is 47.7 Å². The minimum Gasteiger partial charge on any atom is -0.343 e. The number of amides is 3. The van der Waals surface area contributed by atoms with Gasteiger partial charge in [0.1, 0.15) is 16.9 Å². The van der Waals surface area contributed by atoms with Gasteiger partial charge in [0, 0.05) is 48.7 Å². The molecule has 0 saturated carbocycles. The minimum atomic E-state index is -0.581. The van der Waals surface area contributed by atoms with E-state index < -0.39 is 5.97 Å². The number of carbonyl (C=O) groups is 4. The van der Waals surface area contributed by atoms with Crippen molar-refractivity contribution < 1.29 is 23.5 Å². The molecule has 1 aromatic heterocycles. The van der Waals surface area contributed by atoms with Crippen LogP contribution in [0.3, 0.4) is 0 Å². The fourth-order valence-corrected chi connectivity index (χ4v) is 8.01. The number of hydrogen-bond acceptors (Lipinski definition) is 7. The monoisotopic (exact) mass is 712 g/mol. The standard InChI is InChI=1S/C39H41ClN4O5S/c1-25(45)44-21-19-31(20-22-44)41-24-28-5-4-6-30(23-28)36(46)43-38-35(33-7-2-3-8-34(33)50-38)37(47)42-32-17-13-27(14-18-32)10-9-26-11-15-29(16-12-26)39(48)49-40/h4-6,11-18,23,31,41H,2-3,7-10,19-22,24H2,1H3,(H,42,47)(H,43,46). The molecule has 6 rings (SSSR count). The van der Waals surface area contributed by atoms with Crippen molar-refractivity contribution in [3.8, 4) is 0 Å². The highest BCUT2D eigenvalue weighted by atomic mass is 35.5. The molecule has 1 fully saturated rings. The molecule has 50 heavy (non-hydrogen) atoms. The molecule has 3 aromatic carbocycles. The first-order valence-corrected chi connectivity index (χ1v) is 18.3. The quantitative estimate of drug-likeness (QED) is 0.150. The summed E-state index contributed by atoms with van der Waals surface area (Å²) >= 11 is 6.67. The van der Waals surface area contributed by atoms with Gasteiger partial charge in [0.25, 0.3) is 11.8 Å². The first kappa shape index (κ1) is 35.3. The van der Waals surface area contributed by atoms with Crippen molar-refractivity contribution in [1.82, 2.24) is 10.2 Å². The molecule has 11 heteroatoms. The van der Waals surface area contributed by atoms with Gasteiger partial charge in [-0.1, -0.05) is 36.4 Å². The maximum Gasteiger partial charge on any atom is 0.356 e. The van der Waals surface area contributed by atoms with E-state index in [-0.39, 0.29) is 17.7 Å². The summed E-state index contributed by atoms with van der Waals surface area (Å²) in [5, 5.41) is 10.3. The van der Waals surface area contributed by atoms with Crippen LogP contribution in [0.1, 0.15) is 90.8 Å². The molecule has 0 bridgehead atoms. The Morgan fingerprint density at radius 3 is 2.18 bits per heavy atom. The first-order valence-electron chi connectivity index (χ1n) is 17.1. The van der Waals surface area contributed by atoms with Gasteiger partial charge in [-0.3, -0.25) is 14.4 Å². The third-order valence-corrected chi connectivity index (χ3v) is 10.9. The Kier molecular flexibility index (Phi) is 11.6. The lowest BCUT2D eigenvalue weighted by atomic mass is 9.95. The molecular formula is C39H41ClN4O5S. The van der Waals surface area contributed by atoms with Crippen molar-refractivity contribution in [3.05, 3.63) is 117 Å². The van der Waals surface area contributed by atoms with E-state index in [0.717, 1.165) is 91.6 Å². The number of piperidine rings is 1. The predicted octanol–water partition coefficient (Wildman–Crippen LogP) is 7.33. The molecule has 2 heterocycles. The molecule has 1 saturated heterocycles. The van der Waals surface area contributed by atoms with Gasteiger partial charge in [0.15, 0.2) is 0 Å². The summed E-state index contributed by atoms with van der Waals surface area (Å²) in [5.41, 5.74) is 6.41. The van der Waals surface area contributed by atoms with E-state index in [9.17, 15) is 19.2 Å². The van der Waals surface area contributed by atoms with Crippen molar-refractivity contribution in [2.24, 2.45) is 0 Å². The normalized spacial score (nSPS) is 14.5. The number of nitrogens with one attached hydrogen (secondary N) is 3. The second-order valence-corrected chi connectivity index (χ2v) is 14.2. The van der Waals surface area contributed by atoms with Crippen LogP contribution in [0.2, 0.25) is 0 Å². The van der Waals surface area contributed by atoms with Crippen molar-refractivity contribution in [2.75, 3.05) is 23.7 Å². The van der Waals surface area contributed by atoms with Gasteiger partial charge in [0.2, 0.25) is 5.91 Å². The van der Waals surface area contributed by atoms with Gasteiger partial charge in [-0.25, -0.2) is 4.79 Å². The van der Waals surface area contributed by atoms with Crippen LogP contribution in [-0.2, 0) is 41.3 Å². The molecule has 1 aliphatic heterocycles. The second kappa shape index (κ2) is 16.5. The van der Waals surface area contributed by atoms with E-state index >= 15 is 0 Å². The summed E-state index contributed by atoms with van der Waals surface area (Å²) in [5.74, 6) is -0.928. The third kappa shape index (κ3) is 8.79. The lowest BCUT2D eigenvalue weighted by Crippen LogP contribution is -2.43. The zero-order chi connectivity index (χ0) is 35.0. The Morgan fingerprint density at radius 2 is 1.50 bits per heavy atom. The molecule has 3 N–H and O–H groups in total. The lowest BCUT2D eigenvalue weighted by molar-refractivity contribution is -0.129. The van der Waals surface area contributed by atoms with E-state index in [2.05, 4.69) is 20.2 Å². The van der Waals surface area contributed by atoms with Crippen molar-refractivity contribution >= 4 is 57.6 Å². The number of hydrogen-bond donors (Lipinski definition) is 3. The topological polar surface area (TPSA) is 117 Å². The van der Waals surface area contributed by atoms with Crippen molar-refractivity contribution in [3.63, 3.8) is 0 Å². The number of thiophene rings is 1. The van der Waals surface area contributed by atoms with Gasteiger partial charge in [-0.05, 0) is 110 Å².